The predicted octanol–water partition coefficient (Wildman–Crippen LogP) is 1.90. The topological polar surface area (TPSA) is 162 Å². The van der Waals surface area contributed by atoms with Gasteiger partial charge in [-0.3, -0.25) is 14.4 Å². The molecule has 10 nitrogen and oxygen atoms in total. The number of pyridine rings is 2. The number of aromatic nitrogens is 2. The molecule has 39 heavy (non-hydrogen) atoms. The summed E-state index contributed by atoms with van der Waals surface area (Å²) >= 11 is 0. The minimum atomic E-state index is -1.48. The van der Waals surface area contributed by atoms with Crippen LogP contribution in [0.3, 0.4) is 0 Å². The van der Waals surface area contributed by atoms with Crippen LogP contribution < -0.4 is 11.3 Å². The van der Waals surface area contributed by atoms with Crippen molar-refractivity contribution in [1.82, 2.24) is 9.55 Å². The molecule has 4 N–H and O–H groups in total. The van der Waals surface area contributed by atoms with Crippen molar-refractivity contribution in [3.05, 3.63) is 61.7 Å². The lowest BCUT2D eigenvalue weighted by molar-refractivity contribution is -0.157. The number of carbonyl (C=O) groups is 3. The molecule has 1 amide bonds. The number of Topliss-reactive ketones (excluding diaryl/α,β-unsaturated/α-hetero) is 1. The van der Waals surface area contributed by atoms with Crippen molar-refractivity contribution in [2.75, 3.05) is 6.61 Å². The third kappa shape index (κ3) is 4.83. The van der Waals surface area contributed by atoms with Crippen molar-refractivity contribution in [2.24, 2.45) is 5.73 Å². The van der Waals surface area contributed by atoms with E-state index in [4.69, 9.17) is 14.8 Å². The van der Waals surface area contributed by atoms with E-state index in [0.29, 0.717) is 34.6 Å². The van der Waals surface area contributed by atoms with E-state index in [0.717, 1.165) is 41.3 Å². The fourth-order valence-corrected chi connectivity index (χ4v) is 5.31. The fraction of sp³-hybridized carbons (Fsp3) is 0.393. The first-order chi connectivity index (χ1) is 18.6. The molecule has 2 aromatic heterocycles. The zero-order valence-electron chi connectivity index (χ0n) is 22.0. The van der Waals surface area contributed by atoms with E-state index >= 15 is 0 Å². The van der Waals surface area contributed by atoms with Crippen LogP contribution in [-0.2, 0) is 45.1 Å². The maximum atomic E-state index is 14.5. The van der Waals surface area contributed by atoms with E-state index in [1.165, 1.54) is 6.07 Å². The van der Waals surface area contributed by atoms with Crippen LogP contribution in [0, 0.1) is 12.7 Å². The minimum Gasteiger partial charge on any atom is -0.458 e. The second kappa shape index (κ2) is 11.0. The first-order valence-electron chi connectivity index (χ1n) is 12.8. The monoisotopic (exact) mass is 539 g/mol. The molecule has 1 aliphatic carbocycles. The van der Waals surface area contributed by atoms with Gasteiger partial charge in [-0.15, -0.1) is 0 Å². The summed E-state index contributed by atoms with van der Waals surface area (Å²) in [5.74, 6) is -2.28. The molecule has 11 heteroatoms. The van der Waals surface area contributed by atoms with Gasteiger partial charge >= 0.3 is 5.97 Å². The average Bonchev–Trinajstić information content (AvgIpc) is 3.30. The number of hydrogen-bond donors (Lipinski definition) is 3. The number of fused-ring (bicyclic) bond motifs is 5. The molecule has 1 aromatic carbocycles. The number of nitrogens with two attached hydrogens (primary N) is 1. The molecule has 6 rings (SSSR count). The van der Waals surface area contributed by atoms with Crippen LogP contribution in [0.25, 0.3) is 22.3 Å². The Bertz CT molecular complexity index is 1580. The van der Waals surface area contributed by atoms with E-state index in [-0.39, 0.29) is 30.0 Å². The number of amides is 1. The molecule has 206 valence electrons. The van der Waals surface area contributed by atoms with Crippen LogP contribution in [0.2, 0.25) is 0 Å². The van der Waals surface area contributed by atoms with Crippen LogP contribution in [-0.4, -0.2) is 44.0 Å². The highest BCUT2D eigenvalue weighted by atomic mass is 19.1. The number of rotatable bonds is 3. The van der Waals surface area contributed by atoms with Crippen molar-refractivity contribution in [3.8, 4) is 11.4 Å². The molecule has 3 aliphatic rings. The van der Waals surface area contributed by atoms with E-state index in [9.17, 15) is 28.7 Å². The smallest absolute Gasteiger partial charge is 0.340 e. The molecule has 0 fully saturated rings. The van der Waals surface area contributed by atoms with Gasteiger partial charge in [0.25, 0.3) is 5.56 Å². The molecular formula is C28H30FN3O7. The molecule has 0 saturated carbocycles. The molecule has 0 spiro atoms. The zero-order valence-corrected chi connectivity index (χ0v) is 22.0. The lowest BCUT2D eigenvalue weighted by Crippen LogP contribution is -2.32. The van der Waals surface area contributed by atoms with E-state index < -0.39 is 30.4 Å². The lowest BCUT2D eigenvalue weighted by Gasteiger charge is -2.22. The molecular weight excluding hydrogens is 509 g/mol. The van der Waals surface area contributed by atoms with Crippen LogP contribution in [0.4, 0.5) is 4.39 Å². The van der Waals surface area contributed by atoms with Gasteiger partial charge in [0.1, 0.15) is 19.0 Å². The van der Waals surface area contributed by atoms with Crippen molar-refractivity contribution in [3.63, 3.8) is 0 Å². The molecule has 0 bridgehead atoms. The number of aryl methyl sites for hydroxylation is 2. The van der Waals surface area contributed by atoms with Gasteiger partial charge in [0.05, 0.1) is 35.4 Å². The molecule has 3 aromatic rings. The zero-order chi connectivity index (χ0) is 28.6. The predicted molar refractivity (Wildman–Crippen MR) is 139 cm³/mol. The summed E-state index contributed by atoms with van der Waals surface area (Å²) in [7, 11) is 0. The Hall–Kier alpha value is -3.96. The van der Waals surface area contributed by atoms with Crippen LogP contribution in [0.5, 0.6) is 0 Å². The summed E-state index contributed by atoms with van der Waals surface area (Å²) in [5.41, 5.74) is 10.5. The Morgan fingerprint density at radius 1 is 1.15 bits per heavy atom. The second-order valence-electron chi connectivity index (χ2n) is 9.33. The highest BCUT2D eigenvalue weighted by Gasteiger charge is 2.35. The minimum absolute atomic E-state index is 0.141. The Labute approximate surface area is 223 Å². The van der Waals surface area contributed by atoms with Gasteiger partial charge in [0.2, 0.25) is 5.91 Å². The highest BCUT2D eigenvalue weighted by molar-refractivity contribution is 5.97. The molecule has 2 aliphatic heterocycles. The number of aliphatic hydroxyl groups excluding tert-OH is 2. The number of carbonyl (C=O) groups excluding carboxylic acids is 3. The van der Waals surface area contributed by atoms with Gasteiger partial charge in [0, 0.05) is 22.6 Å². The maximum absolute atomic E-state index is 14.5. The number of halogens is 1. The number of nitrogens with zero attached hydrogens (tertiary/aromatic N) is 2. The highest BCUT2D eigenvalue weighted by Crippen LogP contribution is 2.41. The van der Waals surface area contributed by atoms with Gasteiger partial charge in [0.15, 0.2) is 11.9 Å². The first-order valence-corrected chi connectivity index (χ1v) is 12.8. The van der Waals surface area contributed by atoms with Gasteiger partial charge in [-0.2, -0.15) is 0 Å². The normalized spacial score (nSPS) is 16.1. The number of aliphatic hydroxyl groups is 2. The van der Waals surface area contributed by atoms with Crippen LogP contribution in [0.1, 0.15) is 66.2 Å². The number of cyclic esters (lactones) is 1. The summed E-state index contributed by atoms with van der Waals surface area (Å²) < 4.78 is 21.1. The summed E-state index contributed by atoms with van der Waals surface area (Å²) in [6.07, 6.45) is 0.751. The third-order valence-electron chi connectivity index (χ3n) is 7.09. The SMILES string of the molecule is CC.Cc1c(F)cc2nc3c(c4c2c1CCC4)Cn1c-3cc2c(c1=O)COC(=O)C2O.NC(=O)CC(=O)CO. The molecule has 1 atom stereocenters. The van der Waals surface area contributed by atoms with E-state index in [1.54, 1.807) is 17.6 Å². The van der Waals surface area contributed by atoms with E-state index in [2.05, 4.69) is 5.73 Å². The number of esters is 1. The number of ketones is 1. The molecule has 0 saturated heterocycles. The average molecular weight is 540 g/mol. The van der Waals surface area contributed by atoms with Crippen molar-refractivity contribution < 1.29 is 33.7 Å². The van der Waals surface area contributed by atoms with Crippen molar-refractivity contribution in [2.45, 2.75) is 65.7 Å². The number of hydrogen-bond acceptors (Lipinski definition) is 8. The third-order valence-corrected chi connectivity index (χ3v) is 7.09. The number of primary amides is 1. The summed E-state index contributed by atoms with van der Waals surface area (Å²) in [4.78, 5) is 49.5. The largest absolute Gasteiger partial charge is 0.458 e. The Morgan fingerprint density at radius 2 is 1.85 bits per heavy atom. The summed E-state index contributed by atoms with van der Waals surface area (Å²) in [6.45, 7) is 5.44. The van der Waals surface area contributed by atoms with E-state index in [1.807, 2.05) is 13.8 Å². The Balaban J connectivity index is 0.000000307. The Kier molecular flexibility index (Phi) is 7.94. The Morgan fingerprint density at radius 3 is 2.49 bits per heavy atom. The molecule has 1 unspecified atom stereocenters. The van der Waals surface area contributed by atoms with Gasteiger partial charge in [-0.25, -0.2) is 14.2 Å². The van der Waals surface area contributed by atoms with Gasteiger partial charge in [-0.1, -0.05) is 13.8 Å². The summed E-state index contributed by atoms with van der Waals surface area (Å²) in [6, 6.07) is 3.13. The van der Waals surface area contributed by atoms with Crippen LogP contribution in [0.15, 0.2) is 16.9 Å². The number of benzene rings is 1. The first kappa shape index (κ1) is 28.1. The number of ether oxygens (including phenoxy) is 1. The quantitative estimate of drug-likeness (QED) is 0.263. The second-order valence-corrected chi connectivity index (χ2v) is 9.33. The fourth-order valence-electron chi connectivity index (χ4n) is 5.31. The van der Waals surface area contributed by atoms with Gasteiger partial charge in [-0.05, 0) is 48.9 Å². The molecule has 4 heterocycles. The lowest BCUT2D eigenvalue weighted by atomic mass is 9.85. The van der Waals surface area contributed by atoms with Crippen molar-refractivity contribution in [1.29, 1.82) is 0 Å². The standard InChI is InChI=1S/C22H17FN2O4.C4H7NO3.C2H6/c1-9-10-3-2-4-11-13-7-25-17(19(13)24-16(18(10)11)6-15(9)23)5-12-14(21(25)27)8-29-22(28)20(12)26;5-4(8)1-3(7)2-6;1-2/h5-6,20,26H,2-4,7-8H2,1H3;6H,1-2H2,(H2,5,8);1-2H3. The van der Waals surface area contributed by atoms with Gasteiger partial charge < -0.3 is 25.3 Å². The maximum Gasteiger partial charge on any atom is 0.340 e. The van der Waals surface area contributed by atoms with Crippen molar-refractivity contribution >= 4 is 28.6 Å². The molecule has 0 radical (unpaired) electrons. The van der Waals surface area contributed by atoms with Crippen LogP contribution >= 0.6 is 0 Å². The summed E-state index contributed by atoms with van der Waals surface area (Å²) in [5, 5.41) is 19.3.